The average molecular weight is 381 g/mol. The molecule has 1 amide bonds. The molecule has 2 atom stereocenters. The molecule has 150 valence electrons. The van der Waals surface area contributed by atoms with Gasteiger partial charge in [0.15, 0.2) is 0 Å². The van der Waals surface area contributed by atoms with E-state index in [-0.39, 0.29) is 23.3 Å². The van der Waals surface area contributed by atoms with Gasteiger partial charge in [0, 0.05) is 25.6 Å². The van der Waals surface area contributed by atoms with Crippen LogP contribution in [0, 0.1) is 5.41 Å². The summed E-state index contributed by atoms with van der Waals surface area (Å²) in [4.78, 5) is 15.0. The first-order valence-corrected chi connectivity index (χ1v) is 10.1. The standard InChI is InChI=1S/C24H32N2O2/c1-24(2,3)22(17-8-6-5-7-9-17)14-23(28)25-15-20-12-18-10-11-21(27)13-19(18)16-26(20)4/h5-11,13,20,22,27H,12,14-16H2,1-4H3,(H,25,28)/t20-,22?/m0/s1. The highest BCUT2D eigenvalue weighted by Gasteiger charge is 2.29. The van der Waals surface area contributed by atoms with Crippen molar-refractivity contribution in [2.75, 3.05) is 13.6 Å². The molecule has 1 unspecified atom stereocenters. The van der Waals surface area contributed by atoms with Crippen LogP contribution in [0.15, 0.2) is 48.5 Å². The number of nitrogens with one attached hydrogen (secondary N) is 1. The molecule has 1 heterocycles. The van der Waals surface area contributed by atoms with Gasteiger partial charge in [-0.2, -0.15) is 0 Å². The first-order chi connectivity index (χ1) is 13.2. The number of phenolic OH excluding ortho intramolecular Hbond substituents is 1. The predicted molar refractivity (Wildman–Crippen MR) is 113 cm³/mol. The minimum absolute atomic E-state index is 0.0151. The van der Waals surface area contributed by atoms with Gasteiger partial charge in [-0.15, -0.1) is 0 Å². The van der Waals surface area contributed by atoms with E-state index >= 15 is 0 Å². The summed E-state index contributed by atoms with van der Waals surface area (Å²) < 4.78 is 0. The Balaban J connectivity index is 1.61. The van der Waals surface area contributed by atoms with Crippen LogP contribution in [0.1, 0.15) is 49.8 Å². The Morgan fingerprint density at radius 1 is 1.18 bits per heavy atom. The molecule has 0 spiro atoms. The average Bonchev–Trinajstić information content (AvgIpc) is 2.64. The van der Waals surface area contributed by atoms with Crippen molar-refractivity contribution in [3.05, 3.63) is 65.2 Å². The molecule has 4 nitrogen and oxygen atoms in total. The van der Waals surface area contributed by atoms with Crippen LogP contribution in [0.4, 0.5) is 0 Å². The first kappa shape index (κ1) is 20.4. The van der Waals surface area contributed by atoms with Gasteiger partial charge >= 0.3 is 0 Å². The van der Waals surface area contributed by atoms with Crippen molar-refractivity contribution in [3.63, 3.8) is 0 Å². The second-order valence-electron chi connectivity index (χ2n) is 9.06. The summed E-state index contributed by atoms with van der Waals surface area (Å²) in [5.74, 6) is 0.600. The van der Waals surface area contributed by atoms with E-state index in [1.165, 1.54) is 16.7 Å². The fourth-order valence-electron chi connectivity index (χ4n) is 4.09. The summed E-state index contributed by atoms with van der Waals surface area (Å²) in [6.45, 7) is 8.01. The van der Waals surface area contributed by atoms with Crippen LogP contribution in [0.3, 0.4) is 0 Å². The Hall–Kier alpha value is -2.33. The van der Waals surface area contributed by atoms with E-state index in [0.717, 1.165) is 13.0 Å². The third-order valence-corrected chi connectivity index (χ3v) is 5.86. The van der Waals surface area contributed by atoms with Gasteiger partial charge in [-0.05, 0) is 53.6 Å². The van der Waals surface area contributed by atoms with Gasteiger partial charge in [-0.3, -0.25) is 9.69 Å². The summed E-state index contributed by atoms with van der Waals surface area (Å²) in [5, 5.41) is 12.9. The van der Waals surface area contributed by atoms with Crippen molar-refractivity contribution in [1.29, 1.82) is 0 Å². The van der Waals surface area contributed by atoms with Gasteiger partial charge < -0.3 is 10.4 Å². The van der Waals surface area contributed by atoms with Gasteiger partial charge in [0.05, 0.1) is 0 Å². The SMILES string of the molecule is CN1Cc2cc(O)ccc2C[C@H]1CNC(=O)CC(c1ccccc1)C(C)(C)C. The van der Waals surface area contributed by atoms with Gasteiger partial charge in [0.2, 0.25) is 5.91 Å². The third kappa shape index (κ3) is 4.93. The summed E-state index contributed by atoms with van der Waals surface area (Å²) in [6.07, 6.45) is 1.38. The highest BCUT2D eigenvalue weighted by molar-refractivity contribution is 5.77. The number of aromatic hydroxyl groups is 1. The van der Waals surface area contributed by atoms with Crippen molar-refractivity contribution in [3.8, 4) is 5.75 Å². The summed E-state index contributed by atoms with van der Waals surface area (Å²) in [6, 6.07) is 16.2. The second-order valence-corrected chi connectivity index (χ2v) is 9.06. The number of carbonyl (C=O) groups excluding carboxylic acids is 1. The number of phenols is 1. The number of benzene rings is 2. The zero-order chi connectivity index (χ0) is 20.3. The second kappa shape index (κ2) is 8.36. The van der Waals surface area contributed by atoms with Crippen LogP contribution in [0.2, 0.25) is 0 Å². The van der Waals surface area contributed by atoms with Crippen LogP contribution in [0.5, 0.6) is 5.75 Å². The highest BCUT2D eigenvalue weighted by Crippen LogP contribution is 2.37. The summed E-state index contributed by atoms with van der Waals surface area (Å²) in [7, 11) is 2.08. The van der Waals surface area contributed by atoms with Crippen molar-refractivity contribution in [1.82, 2.24) is 10.2 Å². The maximum atomic E-state index is 12.8. The molecule has 1 aliphatic rings. The molecular weight excluding hydrogens is 348 g/mol. The largest absolute Gasteiger partial charge is 0.508 e. The van der Waals surface area contributed by atoms with E-state index in [4.69, 9.17) is 0 Å². The van der Waals surface area contributed by atoms with E-state index in [2.05, 4.69) is 50.2 Å². The Bertz CT molecular complexity index is 811. The van der Waals surface area contributed by atoms with E-state index in [1.54, 1.807) is 6.07 Å². The Morgan fingerprint density at radius 2 is 1.89 bits per heavy atom. The van der Waals surface area contributed by atoms with Crippen LogP contribution in [0.25, 0.3) is 0 Å². The number of hydrogen-bond donors (Lipinski definition) is 2. The zero-order valence-electron chi connectivity index (χ0n) is 17.4. The number of nitrogens with zero attached hydrogens (tertiary/aromatic N) is 1. The lowest BCUT2D eigenvalue weighted by molar-refractivity contribution is -0.122. The minimum Gasteiger partial charge on any atom is -0.508 e. The van der Waals surface area contributed by atoms with Crippen LogP contribution < -0.4 is 5.32 Å². The Morgan fingerprint density at radius 3 is 2.57 bits per heavy atom. The predicted octanol–water partition coefficient (Wildman–Crippen LogP) is 4.08. The lowest BCUT2D eigenvalue weighted by atomic mass is 9.74. The Labute approximate surface area is 168 Å². The molecule has 4 heteroatoms. The lowest BCUT2D eigenvalue weighted by Crippen LogP contribution is -2.45. The van der Waals surface area contributed by atoms with Gasteiger partial charge in [-0.25, -0.2) is 0 Å². The molecule has 28 heavy (non-hydrogen) atoms. The van der Waals surface area contributed by atoms with Gasteiger partial charge in [-0.1, -0.05) is 57.2 Å². The lowest BCUT2D eigenvalue weighted by Gasteiger charge is -2.35. The topological polar surface area (TPSA) is 52.6 Å². The molecule has 0 bridgehead atoms. The summed E-state index contributed by atoms with van der Waals surface area (Å²) >= 11 is 0. The summed E-state index contributed by atoms with van der Waals surface area (Å²) in [5.41, 5.74) is 3.66. The van der Waals surface area contributed by atoms with Crippen molar-refractivity contribution in [2.45, 2.75) is 52.1 Å². The molecule has 0 radical (unpaired) electrons. The number of hydrogen-bond acceptors (Lipinski definition) is 3. The van der Waals surface area contributed by atoms with Gasteiger partial charge in [0.25, 0.3) is 0 Å². The molecule has 1 aliphatic heterocycles. The number of fused-ring (bicyclic) bond motifs is 1. The smallest absolute Gasteiger partial charge is 0.220 e. The normalized spacial score (nSPS) is 18.4. The first-order valence-electron chi connectivity index (χ1n) is 10.1. The van der Waals surface area contributed by atoms with Crippen molar-refractivity contribution >= 4 is 5.91 Å². The fourth-order valence-corrected chi connectivity index (χ4v) is 4.09. The molecule has 0 aliphatic carbocycles. The molecule has 0 saturated heterocycles. The number of carbonyl (C=O) groups is 1. The third-order valence-electron chi connectivity index (χ3n) is 5.86. The van der Waals surface area contributed by atoms with E-state index in [9.17, 15) is 9.90 Å². The molecule has 2 N–H and O–H groups in total. The van der Waals surface area contributed by atoms with Crippen molar-refractivity contribution in [2.24, 2.45) is 5.41 Å². The van der Waals surface area contributed by atoms with Crippen molar-refractivity contribution < 1.29 is 9.90 Å². The minimum atomic E-state index is 0.0151. The zero-order valence-corrected chi connectivity index (χ0v) is 17.4. The number of amides is 1. The quantitative estimate of drug-likeness (QED) is 0.822. The molecule has 0 aromatic heterocycles. The van der Waals surface area contributed by atoms with E-state index in [0.29, 0.717) is 18.7 Å². The van der Waals surface area contributed by atoms with E-state index in [1.807, 2.05) is 30.3 Å². The van der Waals surface area contributed by atoms with Gasteiger partial charge in [0.1, 0.15) is 5.75 Å². The van der Waals surface area contributed by atoms with Crippen LogP contribution >= 0.6 is 0 Å². The molecule has 0 saturated carbocycles. The fraction of sp³-hybridized carbons (Fsp3) is 0.458. The number of rotatable bonds is 5. The van der Waals surface area contributed by atoms with Crippen LogP contribution in [-0.4, -0.2) is 35.5 Å². The molecule has 2 aromatic carbocycles. The molecular formula is C24H32N2O2. The highest BCUT2D eigenvalue weighted by atomic mass is 16.3. The van der Waals surface area contributed by atoms with Crippen LogP contribution in [-0.2, 0) is 17.8 Å². The maximum absolute atomic E-state index is 12.8. The molecule has 2 aromatic rings. The number of likely N-dealkylation sites (N-methyl/N-ethyl adjacent to an activating group) is 1. The molecule has 0 fully saturated rings. The molecule has 3 rings (SSSR count). The van der Waals surface area contributed by atoms with E-state index < -0.39 is 0 Å². The Kier molecular flexibility index (Phi) is 6.09. The maximum Gasteiger partial charge on any atom is 0.220 e. The monoisotopic (exact) mass is 380 g/mol.